The van der Waals surface area contributed by atoms with Gasteiger partial charge >= 0.3 is 11.9 Å². The third-order valence-corrected chi connectivity index (χ3v) is 7.39. The van der Waals surface area contributed by atoms with Gasteiger partial charge in [0.2, 0.25) is 0 Å². The van der Waals surface area contributed by atoms with E-state index in [0.717, 1.165) is 22.7 Å². The fraction of sp³-hybridized carbons (Fsp3) is 0.455. The topological polar surface area (TPSA) is 89.5 Å². The van der Waals surface area contributed by atoms with Gasteiger partial charge in [-0.25, -0.2) is 9.59 Å². The van der Waals surface area contributed by atoms with Crippen LogP contribution in [0.3, 0.4) is 0 Å². The van der Waals surface area contributed by atoms with Crippen molar-refractivity contribution in [3.63, 3.8) is 0 Å². The molecule has 0 N–H and O–H groups in total. The molecule has 220 valence electrons. The molecule has 4 aliphatic carbocycles. The van der Waals surface area contributed by atoms with Crippen LogP contribution in [0.25, 0.3) is 0 Å². The molecule has 4 atom stereocenters. The fourth-order valence-electron chi connectivity index (χ4n) is 5.34. The standard InChI is InChI=1S/C33H40O8/c1-20(2)31(34)40-22(5)18-36-12-14-38-28-16-24-8-10-26(28)30(24)33(7)25-9-11-27(33)29(17-25)39-15-13-37-19-23(6)41-32(35)21(3)4/h8-11,16-17,22-23,30H,1,3,12-15,18-19H2,2,4-7H3. The molecule has 0 aliphatic heterocycles. The van der Waals surface area contributed by atoms with Crippen LogP contribution in [-0.2, 0) is 38.0 Å². The lowest BCUT2D eigenvalue weighted by molar-refractivity contribution is -0.147. The highest BCUT2D eigenvalue weighted by atomic mass is 16.6. The molecule has 8 heteroatoms. The summed E-state index contributed by atoms with van der Waals surface area (Å²) in [7, 11) is 0. The van der Waals surface area contributed by atoms with Gasteiger partial charge in [-0.05, 0) is 51.0 Å². The molecule has 4 aliphatic rings. The number of ether oxygens (including phenoxy) is 6. The van der Waals surface area contributed by atoms with Gasteiger partial charge in [0.1, 0.15) is 36.9 Å². The van der Waals surface area contributed by atoms with Crippen molar-refractivity contribution in [3.05, 3.63) is 94.6 Å². The van der Waals surface area contributed by atoms with Gasteiger partial charge in [0, 0.05) is 33.6 Å². The first-order valence-corrected chi connectivity index (χ1v) is 13.9. The minimum Gasteiger partial charge on any atom is -0.491 e. The number of carbonyl (C=O) groups is 2. The first kappa shape index (κ1) is 30.3. The van der Waals surface area contributed by atoms with Crippen molar-refractivity contribution in [2.45, 2.75) is 46.8 Å². The van der Waals surface area contributed by atoms with Crippen molar-refractivity contribution in [3.8, 4) is 0 Å². The van der Waals surface area contributed by atoms with Crippen molar-refractivity contribution < 1.29 is 38.0 Å². The van der Waals surface area contributed by atoms with E-state index in [0.29, 0.717) is 50.8 Å². The zero-order chi connectivity index (χ0) is 29.7. The lowest BCUT2D eigenvalue weighted by atomic mass is 9.69. The van der Waals surface area contributed by atoms with Crippen LogP contribution in [0.1, 0.15) is 34.6 Å². The van der Waals surface area contributed by atoms with Gasteiger partial charge in [-0.3, -0.25) is 0 Å². The molecule has 0 saturated heterocycles. The molecular weight excluding hydrogens is 524 g/mol. The van der Waals surface area contributed by atoms with Crippen molar-refractivity contribution >= 4 is 11.9 Å². The monoisotopic (exact) mass is 564 g/mol. The summed E-state index contributed by atoms with van der Waals surface area (Å²) in [6.07, 6.45) is 12.1. The minimum absolute atomic E-state index is 0.150. The van der Waals surface area contributed by atoms with Gasteiger partial charge in [0.25, 0.3) is 0 Å². The summed E-state index contributed by atoms with van der Waals surface area (Å²) in [5.41, 5.74) is 5.22. The zero-order valence-corrected chi connectivity index (χ0v) is 24.6. The van der Waals surface area contributed by atoms with Gasteiger partial charge in [0.05, 0.1) is 26.4 Å². The predicted molar refractivity (Wildman–Crippen MR) is 154 cm³/mol. The Hall–Kier alpha value is -3.62. The summed E-state index contributed by atoms with van der Waals surface area (Å²) < 4.78 is 34.0. The van der Waals surface area contributed by atoms with E-state index in [4.69, 9.17) is 28.4 Å². The molecule has 0 aromatic rings. The average molecular weight is 565 g/mol. The van der Waals surface area contributed by atoms with Crippen LogP contribution in [0, 0.1) is 11.3 Å². The zero-order valence-electron chi connectivity index (χ0n) is 24.6. The molecule has 8 nitrogen and oxygen atoms in total. The summed E-state index contributed by atoms with van der Waals surface area (Å²) in [5.74, 6) is 1.04. The lowest BCUT2D eigenvalue weighted by Crippen LogP contribution is -2.27. The average Bonchev–Trinajstić information content (AvgIpc) is 3.65. The van der Waals surface area contributed by atoms with E-state index in [1.165, 1.54) is 11.1 Å². The van der Waals surface area contributed by atoms with E-state index >= 15 is 0 Å². The summed E-state index contributed by atoms with van der Waals surface area (Å²) in [6.45, 7) is 18.4. The molecular formula is C33H40O8. The maximum absolute atomic E-state index is 11.6. The Morgan fingerprint density at radius 3 is 1.93 bits per heavy atom. The number of carbonyl (C=O) groups excluding carboxylic acids is 2. The highest BCUT2D eigenvalue weighted by molar-refractivity contribution is 5.87. The van der Waals surface area contributed by atoms with Crippen molar-refractivity contribution in [2.24, 2.45) is 11.3 Å². The third kappa shape index (κ3) is 6.66. The Balaban J connectivity index is 1.20. The van der Waals surface area contributed by atoms with Gasteiger partial charge in [-0.15, -0.1) is 0 Å². The first-order valence-electron chi connectivity index (χ1n) is 13.9. The second kappa shape index (κ2) is 12.9. The van der Waals surface area contributed by atoms with E-state index in [-0.39, 0.29) is 23.5 Å². The van der Waals surface area contributed by atoms with Crippen molar-refractivity contribution in [1.82, 2.24) is 0 Å². The molecule has 0 amide bonds. The minimum atomic E-state index is -0.417. The van der Waals surface area contributed by atoms with E-state index in [9.17, 15) is 9.59 Å². The number of esters is 2. The number of hydrogen-bond donors (Lipinski definition) is 0. The van der Waals surface area contributed by atoms with Crippen LogP contribution in [0.2, 0.25) is 0 Å². The molecule has 0 fully saturated rings. The number of allylic oxidation sites excluding steroid dienone is 10. The van der Waals surface area contributed by atoms with Crippen LogP contribution in [0.15, 0.2) is 94.6 Å². The molecule has 0 heterocycles. The Bertz CT molecular complexity index is 1290. The molecule has 0 aromatic carbocycles. The van der Waals surface area contributed by atoms with Crippen molar-refractivity contribution in [1.29, 1.82) is 0 Å². The SMILES string of the molecule is C=C(C)C(=O)OC(C)COCCOC1=CC2=CC=C1C2C1(C)C2=CC=C1C(OCCOCC(C)OC(=O)C(=C)C)=C2. The number of fused-ring (bicyclic) bond motifs is 5. The van der Waals surface area contributed by atoms with Crippen molar-refractivity contribution in [2.75, 3.05) is 39.6 Å². The molecule has 4 bridgehead atoms. The summed E-state index contributed by atoms with van der Waals surface area (Å²) in [4.78, 5) is 23.2. The van der Waals surface area contributed by atoms with E-state index in [1.54, 1.807) is 27.7 Å². The predicted octanol–water partition coefficient (Wildman–Crippen LogP) is 5.22. The van der Waals surface area contributed by atoms with Crippen LogP contribution in [0.5, 0.6) is 0 Å². The molecule has 41 heavy (non-hydrogen) atoms. The Morgan fingerprint density at radius 2 is 1.37 bits per heavy atom. The van der Waals surface area contributed by atoms with Gasteiger partial charge in [0.15, 0.2) is 0 Å². The molecule has 4 unspecified atom stereocenters. The number of rotatable bonds is 17. The lowest BCUT2D eigenvalue weighted by Gasteiger charge is -2.33. The largest absolute Gasteiger partial charge is 0.491 e. The smallest absolute Gasteiger partial charge is 0.333 e. The normalized spacial score (nSPS) is 23.0. The quantitative estimate of drug-likeness (QED) is 0.135. The first-order chi connectivity index (χ1) is 19.5. The Morgan fingerprint density at radius 1 is 0.805 bits per heavy atom. The highest BCUT2D eigenvalue weighted by Crippen LogP contribution is 2.62. The van der Waals surface area contributed by atoms with E-state index in [1.807, 2.05) is 0 Å². The highest BCUT2D eigenvalue weighted by Gasteiger charge is 2.53. The Kier molecular flexibility index (Phi) is 9.56. The van der Waals surface area contributed by atoms with Crippen LogP contribution in [0.4, 0.5) is 0 Å². The van der Waals surface area contributed by atoms with Crippen LogP contribution >= 0.6 is 0 Å². The van der Waals surface area contributed by atoms with Gasteiger partial charge < -0.3 is 28.4 Å². The molecule has 0 saturated carbocycles. The maximum atomic E-state index is 11.6. The van der Waals surface area contributed by atoms with E-state index < -0.39 is 11.9 Å². The summed E-state index contributed by atoms with van der Waals surface area (Å²) in [6, 6.07) is 0. The summed E-state index contributed by atoms with van der Waals surface area (Å²) in [5, 5.41) is 0. The summed E-state index contributed by atoms with van der Waals surface area (Å²) >= 11 is 0. The Labute approximate surface area is 242 Å². The van der Waals surface area contributed by atoms with Gasteiger partial charge in [-0.2, -0.15) is 0 Å². The third-order valence-electron chi connectivity index (χ3n) is 7.39. The number of hydrogen-bond acceptors (Lipinski definition) is 8. The molecule has 0 aromatic heterocycles. The van der Waals surface area contributed by atoms with Crippen LogP contribution in [-0.4, -0.2) is 63.8 Å². The second-order valence-corrected chi connectivity index (χ2v) is 11.0. The van der Waals surface area contributed by atoms with Gasteiger partial charge in [-0.1, -0.05) is 44.4 Å². The molecule has 0 radical (unpaired) electrons. The van der Waals surface area contributed by atoms with E-state index in [2.05, 4.69) is 56.5 Å². The molecule has 4 rings (SSSR count). The second-order valence-electron chi connectivity index (χ2n) is 11.0. The fourth-order valence-corrected chi connectivity index (χ4v) is 5.34. The maximum Gasteiger partial charge on any atom is 0.333 e. The molecule has 0 spiro atoms. The van der Waals surface area contributed by atoms with Crippen LogP contribution < -0.4 is 0 Å².